The van der Waals surface area contributed by atoms with Crippen LogP contribution in [-0.2, 0) is 6.18 Å². The molecule has 0 radical (unpaired) electrons. The van der Waals surface area contributed by atoms with Crippen molar-refractivity contribution in [3.63, 3.8) is 0 Å². The number of alkyl halides is 3. The molecule has 0 spiro atoms. The number of fused-ring (bicyclic) bond motifs is 6. The maximum Gasteiger partial charge on any atom is 0.416 e. The molecule has 0 bridgehead atoms. The summed E-state index contributed by atoms with van der Waals surface area (Å²) in [5.41, 5.74) is 1.32. The summed E-state index contributed by atoms with van der Waals surface area (Å²) in [6.07, 6.45) is -3.02. The van der Waals surface area contributed by atoms with Crippen LogP contribution >= 0.6 is 0 Å². The first-order valence-corrected chi connectivity index (χ1v) is 11.1. The molecular formula is C29H11F7N2. The Labute approximate surface area is 210 Å². The normalized spacial score (nSPS) is 14.3. The van der Waals surface area contributed by atoms with Gasteiger partial charge < -0.3 is 0 Å². The fraction of sp³-hybridized carbons (Fsp3) is 0.0345. The summed E-state index contributed by atoms with van der Waals surface area (Å²) in [5, 5.41) is 9.16. The van der Waals surface area contributed by atoms with E-state index in [9.17, 15) is 30.7 Å². The topological polar surface area (TPSA) is 36.1 Å². The fourth-order valence-corrected chi connectivity index (χ4v) is 5.11. The second kappa shape index (κ2) is 7.89. The predicted molar refractivity (Wildman–Crippen MR) is 127 cm³/mol. The van der Waals surface area contributed by atoms with Gasteiger partial charge in [0.05, 0.1) is 16.8 Å². The second-order valence-corrected chi connectivity index (χ2v) is 8.83. The lowest BCUT2D eigenvalue weighted by Crippen LogP contribution is -2.07. The molecule has 0 aromatic heterocycles. The summed E-state index contributed by atoms with van der Waals surface area (Å²) in [7, 11) is 0. The van der Waals surface area contributed by atoms with Crippen LogP contribution in [-0.4, -0.2) is 5.71 Å². The van der Waals surface area contributed by atoms with Crippen molar-refractivity contribution in [1.29, 1.82) is 5.26 Å². The molecular weight excluding hydrogens is 509 g/mol. The summed E-state index contributed by atoms with van der Waals surface area (Å²) in [5.74, 6) is -7.27. The van der Waals surface area contributed by atoms with Crippen LogP contribution in [0.15, 0.2) is 66.2 Å². The third-order valence-corrected chi connectivity index (χ3v) is 6.83. The number of nitriles is 1. The molecule has 0 saturated carbocycles. The summed E-state index contributed by atoms with van der Waals surface area (Å²) in [6, 6.07) is 12.8. The number of hydrogen-bond donors (Lipinski definition) is 0. The van der Waals surface area contributed by atoms with Crippen LogP contribution in [0.3, 0.4) is 0 Å². The number of hydrogen-bond acceptors (Lipinski definition) is 2. The highest BCUT2D eigenvalue weighted by Gasteiger charge is 2.38. The molecule has 6 rings (SSSR count). The third-order valence-electron chi connectivity index (χ3n) is 6.83. The van der Waals surface area contributed by atoms with E-state index in [0.717, 1.165) is 12.1 Å². The minimum atomic E-state index is -4.51. The SMILES string of the molecule is C=C1c2cc(-c3cccc(C(F)(F)F)c3)ccc2-c2cc3c(cc21)-c1c(F)c(F)c(F)c(F)c1C3=NC#N. The van der Waals surface area contributed by atoms with Crippen molar-refractivity contribution in [2.45, 2.75) is 6.18 Å². The summed E-state index contributed by atoms with van der Waals surface area (Å²) in [6.45, 7) is 4.07. The Balaban J connectivity index is 1.53. The highest BCUT2D eigenvalue weighted by molar-refractivity contribution is 6.26. The molecule has 4 aromatic carbocycles. The molecule has 186 valence electrons. The quantitative estimate of drug-likeness (QED) is 0.0931. The number of nitrogens with zero attached hydrogens (tertiary/aromatic N) is 2. The zero-order valence-electron chi connectivity index (χ0n) is 18.9. The van der Waals surface area contributed by atoms with Crippen molar-refractivity contribution in [2.24, 2.45) is 4.99 Å². The summed E-state index contributed by atoms with van der Waals surface area (Å²) < 4.78 is 97.5. The first-order chi connectivity index (χ1) is 18.0. The highest BCUT2D eigenvalue weighted by atomic mass is 19.4. The van der Waals surface area contributed by atoms with Crippen molar-refractivity contribution in [2.75, 3.05) is 0 Å². The monoisotopic (exact) mass is 520 g/mol. The Bertz CT molecular complexity index is 1820. The van der Waals surface area contributed by atoms with Crippen LogP contribution in [0, 0.1) is 34.7 Å². The van der Waals surface area contributed by atoms with Crippen molar-refractivity contribution in [3.05, 3.63) is 112 Å². The van der Waals surface area contributed by atoms with Crippen molar-refractivity contribution >= 4 is 11.3 Å². The molecule has 0 unspecified atom stereocenters. The van der Waals surface area contributed by atoms with Gasteiger partial charge in [0.2, 0.25) is 6.19 Å². The van der Waals surface area contributed by atoms with Crippen LogP contribution in [0.4, 0.5) is 30.7 Å². The predicted octanol–water partition coefficient (Wildman–Crippen LogP) is 8.27. The molecule has 2 nitrogen and oxygen atoms in total. The number of rotatable bonds is 1. The highest BCUT2D eigenvalue weighted by Crippen LogP contribution is 2.51. The van der Waals surface area contributed by atoms with Crippen molar-refractivity contribution in [1.82, 2.24) is 0 Å². The van der Waals surface area contributed by atoms with E-state index in [0.29, 0.717) is 39.0 Å². The van der Waals surface area contributed by atoms with Gasteiger partial charge in [-0.3, -0.25) is 0 Å². The van der Waals surface area contributed by atoms with Crippen LogP contribution in [0.25, 0.3) is 39.0 Å². The Morgan fingerprint density at radius 1 is 0.658 bits per heavy atom. The summed E-state index contributed by atoms with van der Waals surface area (Å²) in [4.78, 5) is 3.57. The lowest BCUT2D eigenvalue weighted by molar-refractivity contribution is -0.137. The maximum atomic E-state index is 14.9. The Morgan fingerprint density at radius 2 is 1.29 bits per heavy atom. The third kappa shape index (κ3) is 3.16. The largest absolute Gasteiger partial charge is 0.416 e. The molecule has 0 heterocycles. The standard InChI is InChI=1S/C29H11F7N2/c1-12-17-8-14(13-3-2-4-15(7-13)29(34,35)36)5-6-16(17)19-10-21-20(9-18(12)19)22-23(28(21)38-11-37)25(31)27(33)26(32)24(22)30/h2-10H,1H2. The molecule has 0 fully saturated rings. The second-order valence-electron chi connectivity index (χ2n) is 8.83. The van der Waals surface area contributed by atoms with Gasteiger partial charge in [-0.25, -0.2) is 17.6 Å². The van der Waals surface area contributed by atoms with Gasteiger partial charge in [0.15, 0.2) is 23.3 Å². The first kappa shape index (κ1) is 23.7. The lowest BCUT2D eigenvalue weighted by atomic mass is 9.96. The average molecular weight is 520 g/mol. The molecule has 9 heteroatoms. The number of benzene rings is 4. The average Bonchev–Trinajstić information content (AvgIpc) is 3.36. The Morgan fingerprint density at radius 3 is 1.97 bits per heavy atom. The van der Waals surface area contributed by atoms with Gasteiger partial charge >= 0.3 is 6.18 Å². The molecule has 2 aliphatic carbocycles. The number of halogens is 7. The minimum absolute atomic E-state index is 0.00936. The van der Waals surface area contributed by atoms with E-state index < -0.39 is 46.1 Å². The van der Waals surface area contributed by atoms with E-state index in [4.69, 9.17) is 5.26 Å². The van der Waals surface area contributed by atoms with Crippen LogP contribution < -0.4 is 0 Å². The van der Waals surface area contributed by atoms with Gasteiger partial charge in [-0.05, 0) is 74.8 Å². The van der Waals surface area contributed by atoms with Gasteiger partial charge in [0.1, 0.15) is 0 Å². The van der Waals surface area contributed by atoms with E-state index in [2.05, 4.69) is 11.6 Å². The van der Waals surface area contributed by atoms with Gasteiger partial charge in [0, 0.05) is 11.1 Å². The van der Waals surface area contributed by atoms with Crippen molar-refractivity contribution in [3.8, 4) is 39.6 Å². The fourth-order valence-electron chi connectivity index (χ4n) is 5.11. The Kier molecular flexibility index (Phi) is 4.92. The molecule has 38 heavy (non-hydrogen) atoms. The molecule has 0 aliphatic heterocycles. The molecule has 0 atom stereocenters. The first-order valence-electron chi connectivity index (χ1n) is 11.1. The van der Waals surface area contributed by atoms with E-state index in [1.807, 2.05) is 0 Å². The smallest absolute Gasteiger partial charge is 0.203 e. The van der Waals surface area contributed by atoms with Gasteiger partial charge in [-0.2, -0.15) is 23.4 Å². The van der Waals surface area contributed by atoms with Crippen molar-refractivity contribution < 1.29 is 30.7 Å². The molecule has 0 amide bonds. The molecule has 2 aliphatic rings. The molecule has 0 saturated heterocycles. The van der Waals surface area contributed by atoms with E-state index >= 15 is 0 Å². The van der Waals surface area contributed by atoms with Crippen LogP contribution in [0.1, 0.15) is 27.8 Å². The summed E-state index contributed by atoms with van der Waals surface area (Å²) >= 11 is 0. The van der Waals surface area contributed by atoms with Crippen LogP contribution in [0.5, 0.6) is 0 Å². The zero-order valence-corrected chi connectivity index (χ0v) is 18.9. The van der Waals surface area contributed by atoms with Gasteiger partial charge in [-0.1, -0.05) is 30.8 Å². The van der Waals surface area contributed by atoms with E-state index in [1.54, 1.807) is 24.3 Å². The number of aliphatic imine (C=N–C) groups is 1. The molecule has 0 N–H and O–H groups in total. The zero-order chi connectivity index (χ0) is 27.1. The minimum Gasteiger partial charge on any atom is -0.203 e. The van der Waals surface area contributed by atoms with Gasteiger partial charge in [-0.15, -0.1) is 0 Å². The Hall–Kier alpha value is -4.71. The lowest BCUT2D eigenvalue weighted by Gasteiger charge is -2.10. The molecule has 4 aromatic rings. The van der Waals surface area contributed by atoms with Crippen LogP contribution in [0.2, 0.25) is 0 Å². The van der Waals surface area contributed by atoms with E-state index in [-0.39, 0.29) is 16.8 Å². The van der Waals surface area contributed by atoms with Gasteiger partial charge in [0.25, 0.3) is 0 Å². The van der Waals surface area contributed by atoms with E-state index in [1.165, 1.54) is 24.4 Å². The maximum absolute atomic E-state index is 14.9.